The Labute approximate surface area is 121 Å². The summed E-state index contributed by atoms with van der Waals surface area (Å²) in [6.07, 6.45) is 4.06. The molecule has 0 radical (unpaired) electrons. The van der Waals surface area contributed by atoms with Crippen LogP contribution in [0.2, 0.25) is 5.02 Å². The van der Waals surface area contributed by atoms with Gasteiger partial charge in [-0.2, -0.15) is 0 Å². The molecule has 0 saturated heterocycles. The Balaban J connectivity index is 1.91. The largest absolute Gasteiger partial charge is 0.361 e. The first kappa shape index (κ1) is 12.9. The van der Waals surface area contributed by atoms with Gasteiger partial charge in [-0.05, 0) is 24.1 Å². The molecule has 102 valence electrons. The Kier molecular flexibility index (Phi) is 3.52. The average Bonchev–Trinajstić information content (AvgIpc) is 2.95. The fourth-order valence-corrected chi connectivity index (χ4v) is 2.28. The SMILES string of the molecule is CCC(Nc1ncnc2nc[nH]c12)c1ccc(Cl)cc1. The summed E-state index contributed by atoms with van der Waals surface area (Å²) in [5.41, 5.74) is 2.65. The Morgan fingerprint density at radius 2 is 2.00 bits per heavy atom. The van der Waals surface area contributed by atoms with Crippen LogP contribution in [-0.2, 0) is 0 Å². The van der Waals surface area contributed by atoms with Crippen molar-refractivity contribution in [3.63, 3.8) is 0 Å². The number of hydrogen-bond acceptors (Lipinski definition) is 4. The van der Waals surface area contributed by atoms with Gasteiger partial charge in [0.1, 0.15) is 11.8 Å². The van der Waals surface area contributed by atoms with Crippen LogP contribution >= 0.6 is 11.6 Å². The summed E-state index contributed by atoms with van der Waals surface area (Å²) in [6.45, 7) is 2.12. The van der Waals surface area contributed by atoms with E-state index in [9.17, 15) is 0 Å². The molecule has 2 heterocycles. The monoisotopic (exact) mass is 287 g/mol. The molecule has 0 aliphatic rings. The molecule has 0 aliphatic heterocycles. The highest BCUT2D eigenvalue weighted by Crippen LogP contribution is 2.25. The van der Waals surface area contributed by atoms with Gasteiger partial charge in [-0.25, -0.2) is 15.0 Å². The zero-order valence-electron chi connectivity index (χ0n) is 11.0. The van der Waals surface area contributed by atoms with Crippen LogP contribution < -0.4 is 5.32 Å². The summed E-state index contributed by atoms with van der Waals surface area (Å²) in [4.78, 5) is 15.6. The first-order valence-corrected chi connectivity index (χ1v) is 6.82. The lowest BCUT2D eigenvalue weighted by Crippen LogP contribution is -2.11. The molecule has 0 saturated carbocycles. The molecule has 0 fully saturated rings. The van der Waals surface area contributed by atoms with Gasteiger partial charge in [0.05, 0.1) is 12.4 Å². The number of halogens is 1. The molecule has 1 atom stereocenters. The minimum Gasteiger partial charge on any atom is -0.361 e. The number of fused-ring (bicyclic) bond motifs is 1. The topological polar surface area (TPSA) is 66.5 Å². The maximum absolute atomic E-state index is 5.93. The van der Waals surface area contributed by atoms with E-state index in [2.05, 4.69) is 32.2 Å². The van der Waals surface area contributed by atoms with Crippen LogP contribution in [0.3, 0.4) is 0 Å². The summed E-state index contributed by atoms with van der Waals surface area (Å²) < 4.78 is 0. The van der Waals surface area contributed by atoms with E-state index in [1.54, 1.807) is 6.33 Å². The highest BCUT2D eigenvalue weighted by molar-refractivity contribution is 6.30. The lowest BCUT2D eigenvalue weighted by atomic mass is 10.0. The van der Waals surface area contributed by atoms with Gasteiger partial charge < -0.3 is 10.3 Å². The molecule has 1 unspecified atom stereocenters. The Morgan fingerprint density at radius 1 is 1.20 bits per heavy atom. The van der Waals surface area contributed by atoms with Gasteiger partial charge in [-0.15, -0.1) is 0 Å². The van der Waals surface area contributed by atoms with Crippen molar-refractivity contribution in [2.45, 2.75) is 19.4 Å². The van der Waals surface area contributed by atoms with E-state index in [0.717, 1.165) is 22.8 Å². The van der Waals surface area contributed by atoms with Crippen molar-refractivity contribution in [2.75, 3.05) is 5.32 Å². The molecule has 0 amide bonds. The molecule has 5 nitrogen and oxygen atoms in total. The smallest absolute Gasteiger partial charge is 0.182 e. The maximum Gasteiger partial charge on any atom is 0.182 e. The van der Waals surface area contributed by atoms with E-state index in [4.69, 9.17) is 11.6 Å². The fourth-order valence-electron chi connectivity index (χ4n) is 2.16. The molecule has 20 heavy (non-hydrogen) atoms. The van der Waals surface area contributed by atoms with Crippen molar-refractivity contribution in [1.29, 1.82) is 0 Å². The van der Waals surface area contributed by atoms with Crippen molar-refractivity contribution in [3.05, 3.63) is 47.5 Å². The van der Waals surface area contributed by atoms with Crippen molar-refractivity contribution < 1.29 is 0 Å². The number of imidazole rings is 1. The summed E-state index contributed by atoms with van der Waals surface area (Å²) in [5, 5.41) is 4.17. The zero-order valence-corrected chi connectivity index (χ0v) is 11.7. The van der Waals surface area contributed by atoms with Crippen LogP contribution in [-0.4, -0.2) is 19.9 Å². The minimum absolute atomic E-state index is 0.161. The predicted molar refractivity (Wildman–Crippen MR) is 79.8 cm³/mol. The highest BCUT2D eigenvalue weighted by Gasteiger charge is 2.13. The second kappa shape index (κ2) is 5.46. The number of aromatic amines is 1. The second-order valence-electron chi connectivity index (χ2n) is 4.48. The number of benzene rings is 1. The third kappa shape index (κ3) is 2.44. The molecular weight excluding hydrogens is 274 g/mol. The van der Waals surface area contributed by atoms with Gasteiger partial charge in [0.15, 0.2) is 11.5 Å². The van der Waals surface area contributed by atoms with E-state index in [1.165, 1.54) is 11.9 Å². The molecule has 1 aromatic carbocycles. The van der Waals surface area contributed by atoms with Crippen LogP contribution in [0.25, 0.3) is 11.2 Å². The highest BCUT2D eigenvalue weighted by atomic mass is 35.5. The third-order valence-electron chi connectivity index (χ3n) is 3.21. The third-order valence-corrected chi connectivity index (χ3v) is 3.47. The molecule has 2 aromatic heterocycles. The van der Waals surface area contributed by atoms with Crippen molar-refractivity contribution in [1.82, 2.24) is 19.9 Å². The van der Waals surface area contributed by atoms with Gasteiger partial charge in [-0.3, -0.25) is 0 Å². The van der Waals surface area contributed by atoms with Crippen molar-refractivity contribution in [3.8, 4) is 0 Å². The second-order valence-corrected chi connectivity index (χ2v) is 4.92. The molecule has 0 aliphatic carbocycles. The quantitative estimate of drug-likeness (QED) is 0.770. The van der Waals surface area contributed by atoms with E-state index >= 15 is 0 Å². The van der Waals surface area contributed by atoms with Gasteiger partial charge in [0.2, 0.25) is 0 Å². The van der Waals surface area contributed by atoms with Gasteiger partial charge in [0, 0.05) is 5.02 Å². The lowest BCUT2D eigenvalue weighted by molar-refractivity contribution is 0.745. The zero-order chi connectivity index (χ0) is 13.9. The number of anilines is 1. The van der Waals surface area contributed by atoms with E-state index < -0.39 is 0 Å². The number of rotatable bonds is 4. The molecule has 0 bridgehead atoms. The maximum atomic E-state index is 5.93. The molecule has 2 N–H and O–H groups in total. The first-order chi connectivity index (χ1) is 9.78. The Bertz CT molecular complexity index is 707. The summed E-state index contributed by atoms with van der Waals surface area (Å²) in [5.74, 6) is 0.759. The van der Waals surface area contributed by atoms with Crippen molar-refractivity contribution in [2.24, 2.45) is 0 Å². The first-order valence-electron chi connectivity index (χ1n) is 6.44. The van der Waals surface area contributed by atoms with Crippen LogP contribution in [0.15, 0.2) is 36.9 Å². The summed E-state index contributed by atoms with van der Waals surface area (Å²) in [6, 6.07) is 8.00. The van der Waals surface area contributed by atoms with Crippen LogP contribution in [0, 0.1) is 0 Å². The number of nitrogens with zero attached hydrogens (tertiary/aromatic N) is 3. The predicted octanol–water partition coefficient (Wildman–Crippen LogP) is 3.57. The van der Waals surface area contributed by atoms with Crippen molar-refractivity contribution >= 4 is 28.6 Å². The molecule has 3 aromatic rings. The van der Waals surface area contributed by atoms with Crippen LogP contribution in [0.4, 0.5) is 5.82 Å². The lowest BCUT2D eigenvalue weighted by Gasteiger charge is -2.18. The van der Waals surface area contributed by atoms with E-state index in [-0.39, 0.29) is 6.04 Å². The fraction of sp³-hybridized carbons (Fsp3) is 0.214. The Hall–Kier alpha value is -2.14. The van der Waals surface area contributed by atoms with Gasteiger partial charge >= 0.3 is 0 Å². The van der Waals surface area contributed by atoms with Gasteiger partial charge in [-0.1, -0.05) is 30.7 Å². The molecule has 0 spiro atoms. The molecule has 6 heteroatoms. The number of hydrogen-bond donors (Lipinski definition) is 2. The average molecular weight is 288 g/mol. The summed E-state index contributed by atoms with van der Waals surface area (Å²) >= 11 is 5.93. The Morgan fingerprint density at radius 3 is 2.75 bits per heavy atom. The van der Waals surface area contributed by atoms with Crippen LogP contribution in [0.5, 0.6) is 0 Å². The molecular formula is C14H14ClN5. The number of aromatic nitrogens is 4. The number of nitrogens with one attached hydrogen (secondary N) is 2. The van der Waals surface area contributed by atoms with Gasteiger partial charge in [0.25, 0.3) is 0 Å². The van der Waals surface area contributed by atoms with E-state index in [0.29, 0.717) is 5.65 Å². The normalized spacial score (nSPS) is 12.5. The summed E-state index contributed by atoms with van der Waals surface area (Å²) in [7, 11) is 0. The van der Waals surface area contributed by atoms with E-state index in [1.807, 2.05) is 24.3 Å². The van der Waals surface area contributed by atoms with Crippen LogP contribution in [0.1, 0.15) is 24.9 Å². The standard InChI is InChI=1S/C14H14ClN5/c1-2-11(9-3-5-10(15)6-4-9)20-14-12-13(17-7-16-12)18-8-19-14/h3-8,11H,2H2,1H3,(H2,16,17,18,19,20). The minimum atomic E-state index is 0.161. The molecule has 3 rings (SSSR count). The number of H-pyrrole nitrogens is 1.